The standard InChI is InChI=1S/C11H16N2O6S/c1-8(14)5-6-12-20(17,18)11-4-3-9(13(15)16)7-10(11)19-2/h3-4,7-8,12,14H,5-6H2,1-2H3. The summed E-state index contributed by atoms with van der Waals surface area (Å²) in [4.78, 5) is 9.81. The Morgan fingerprint density at radius 2 is 2.15 bits per heavy atom. The molecule has 0 saturated heterocycles. The SMILES string of the molecule is COc1cc([N+](=O)[O-])ccc1S(=O)(=O)NCCC(C)O. The van der Waals surface area contributed by atoms with Crippen molar-refractivity contribution in [2.24, 2.45) is 0 Å². The van der Waals surface area contributed by atoms with Gasteiger partial charge in [-0.25, -0.2) is 13.1 Å². The summed E-state index contributed by atoms with van der Waals surface area (Å²) in [5.41, 5.74) is -0.259. The maximum Gasteiger partial charge on any atom is 0.273 e. The molecule has 1 aromatic rings. The molecule has 0 spiro atoms. The number of aliphatic hydroxyl groups excluding tert-OH is 1. The Kier molecular flexibility index (Phi) is 5.43. The summed E-state index contributed by atoms with van der Waals surface area (Å²) in [6.07, 6.45) is -0.370. The van der Waals surface area contributed by atoms with E-state index in [0.717, 1.165) is 18.2 Å². The average Bonchev–Trinajstić information content (AvgIpc) is 2.37. The zero-order chi connectivity index (χ0) is 15.3. The Morgan fingerprint density at radius 1 is 1.50 bits per heavy atom. The number of aliphatic hydroxyl groups is 1. The van der Waals surface area contributed by atoms with E-state index in [1.54, 1.807) is 6.92 Å². The Labute approximate surface area is 116 Å². The summed E-state index contributed by atoms with van der Waals surface area (Å²) >= 11 is 0. The topological polar surface area (TPSA) is 119 Å². The molecule has 0 aliphatic heterocycles. The van der Waals surface area contributed by atoms with Gasteiger partial charge >= 0.3 is 0 Å². The summed E-state index contributed by atoms with van der Waals surface area (Å²) in [6, 6.07) is 3.25. The van der Waals surface area contributed by atoms with Crippen LogP contribution in [0.15, 0.2) is 23.1 Å². The van der Waals surface area contributed by atoms with Gasteiger partial charge in [0.1, 0.15) is 10.6 Å². The van der Waals surface area contributed by atoms with E-state index in [-0.39, 0.29) is 29.3 Å². The van der Waals surface area contributed by atoms with Crippen molar-refractivity contribution in [1.82, 2.24) is 4.72 Å². The first-order valence-electron chi connectivity index (χ1n) is 5.78. The van der Waals surface area contributed by atoms with Gasteiger partial charge < -0.3 is 9.84 Å². The number of nitrogens with one attached hydrogen (secondary N) is 1. The summed E-state index contributed by atoms with van der Waals surface area (Å²) in [6.45, 7) is 1.60. The minimum absolute atomic E-state index is 0.0557. The fourth-order valence-corrected chi connectivity index (χ4v) is 2.67. The first-order chi connectivity index (χ1) is 9.27. The number of nitrogens with zero attached hydrogens (tertiary/aromatic N) is 1. The van der Waals surface area contributed by atoms with Crippen LogP contribution in [-0.2, 0) is 10.0 Å². The van der Waals surface area contributed by atoms with Gasteiger partial charge in [0, 0.05) is 12.6 Å². The molecule has 1 unspecified atom stereocenters. The number of rotatable bonds is 7. The van der Waals surface area contributed by atoms with E-state index < -0.39 is 21.1 Å². The summed E-state index contributed by atoms with van der Waals surface area (Å²) in [7, 11) is -2.62. The molecule has 20 heavy (non-hydrogen) atoms. The molecule has 8 nitrogen and oxygen atoms in total. The van der Waals surface area contributed by atoms with Gasteiger partial charge in [-0.3, -0.25) is 10.1 Å². The quantitative estimate of drug-likeness (QED) is 0.564. The number of nitro groups is 1. The monoisotopic (exact) mass is 304 g/mol. The minimum atomic E-state index is -3.85. The molecule has 0 aliphatic carbocycles. The molecule has 2 N–H and O–H groups in total. The molecule has 1 aromatic carbocycles. The molecule has 112 valence electrons. The third-order valence-corrected chi connectivity index (χ3v) is 4.00. The number of methoxy groups -OCH3 is 1. The average molecular weight is 304 g/mol. The van der Waals surface area contributed by atoms with E-state index >= 15 is 0 Å². The van der Waals surface area contributed by atoms with Gasteiger partial charge in [0.2, 0.25) is 10.0 Å². The van der Waals surface area contributed by atoms with Crippen LogP contribution in [0.4, 0.5) is 5.69 Å². The summed E-state index contributed by atoms with van der Waals surface area (Å²) in [5.74, 6) is -0.108. The van der Waals surface area contributed by atoms with Gasteiger partial charge in [0.25, 0.3) is 5.69 Å². The van der Waals surface area contributed by atoms with Crippen LogP contribution in [0.25, 0.3) is 0 Å². The van der Waals surface area contributed by atoms with Crippen molar-refractivity contribution in [2.45, 2.75) is 24.3 Å². The van der Waals surface area contributed by atoms with Gasteiger partial charge in [-0.15, -0.1) is 0 Å². The molecule has 0 saturated carbocycles. The molecule has 0 radical (unpaired) electrons. The molecule has 0 aromatic heterocycles. The van der Waals surface area contributed by atoms with Crippen molar-refractivity contribution < 1.29 is 23.2 Å². The Bertz CT molecular complexity index is 585. The maximum absolute atomic E-state index is 12.0. The highest BCUT2D eigenvalue weighted by molar-refractivity contribution is 7.89. The lowest BCUT2D eigenvalue weighted by atomic mass is 10.3. The van der Waals surface area contributed by atoms with E-state index in [4.69, 9.17) is 9.84 Å². The molecule has 1 atom stereocenters. The largest absolute Gasteiger partial charge is 0.495 e. The molecular formula is C11H16N2O6S. The fourth-order valence-electron chi connectivity index (χ4n) is 1.47. The van der Waals surface area contributed by atoms with Crippen LogP contribution in [0.2, 0.25) is 0 Å². The zero-order valence-corrected chi connectivity index (χ0v) is 11.9. The van der Waals surface area contributed by atoms with Crippen LogP contribution in [0.5, 0.6) is 5.75 Å². The fraction of sp³-hybridized carbons (Fsp3) is 0.455. The van der Waals surface area contributed by atoms with Crippen molar-refractivity contribution in [1.29, 1.82) is 0 Å². The second kappa shape index (κ2) is 6.64. The van der Waals surface area contributed by atoms with Crippen molar-refractivity contribution in [3.05, 3.63) is 28.3 Å². The normalized spacial score (nSPS) is 12.9. The number of non-ortho nitro benzene ring substituents is 1. The molecule has 1 rings (SSSR count). The predicted octanol–water partition coefficient (Wildman–Crippen LogP) is 0.653. The molecule has 0 bridgehead atoms. The van der Waals surface area contributed by atoms with E-state index in [1.807, 2.05) is 0 Å². The number of hydrogen-bond acceptors (Lipinski definition) is 6. The number of benzene rings is 1. The molecule has 0 fully saturated rings. The third-order valence-electron chi connectivity index (χ3n) is 2.50. The van der Waals surface area contributed by atoms with Crippen molar-refractivity contribution in [3.63, 3.8) is 0 Å². The van der Waals surface area contributed by atoms with Gasteiger partial charge in [-0.1, -0.05) is 0 Å². The Hall–Kier alpha value is -1.71. The van der Waals surface area contributed by atoms with Gasteiger partial charge in [0.15, 0.2) is 0 Å². The van der Waals surface area contributed by atoms with Gasteiger partial charge in [-0.05, 0) is 19.4 Å². The molecule has 9 heteroatoms. The number of nitro benzene ring substituents is 1. The van der Waals surface area contributed by atoms with E-state index in [1.165, 1.54) is 7.11 Å². The van der Waals surface area contributed by atoms with Crippen LogP contribution < -0.4 is 9.46 Å². The zero-order valence-electron chi connectivity index (χ0n) is 11.1. The van der Waals surface area contributed by atoms with Crippen molar-refractivity contribution in [3.8, 4) is 5.75 Å². The van der Waals surface area contributed by atoms with Crippen LogP contribution in [-0.4, -0.2) is 38.2 Å². The van der Waals surface area contributed by atoms with Crippen LogP contribution in [0.3, 0.4) is 0 Å². The number of sulfonamides is 1. The van der Waals surface area contributed by atoms with Crippen LogP contribution in [0.1, 0.15) is 13.3 Å². The van der Waals surface area contributed by atoms with Gasteiger partial charge in [-0.2, -0.15) is 0 Å². The Morgan fingerprint density at radius 3 is 2.65 bits per heavy atom. The smallest absolute Gasteiger partial charge is 0.273 e. The first-order valence-corrected chi connectivity index (χ1v) is 7.26. The van der Waals surface area contributed by atoms with E-state index in [2.05, 4.69) is 4.72 Å². The second-order valence-electron chi connectivity index (χ2n) is 4.13. The summed E-state index contributed by atoms with van der Waals surface area (Å²) < 4.78 is 31.2. The molecular weight excluding hydrogens is 288 g/mol. The van der Waals surface area contributed by atoms with E-state index in [9.17, 15) is 18.5 Å². The van der Waals surface area contributed by atoms with Crippen LogP contribution >= 0.6 is 0 Å². The lowest BCUT2D eigenvalue weighted by Crippen LogP contribution is -2.27. The third kappa shape index (κ3) is 4.15. The molecule has 0 amide bonds. The first kappa shape index (κ1) is 16.3. The number of ether oxygens (including phenoxy) is 1. The molecule has 0 aliphatic rings. The van der Waals surface area contributed by atoms with Gasteiger partial charge in [0.05, 0.1) is 24.2 Å². The minimum Gasteiger partial charge on any atom is -0.495 e. The van der Waals surface area contributed by atoms with Crippen LogP contribution in [0, 0.1) is 10.1 Å². The maximum atomic E-state index is 12.0. The van der Waals surface area contributed by atoms with E-state index in [0.29, 0.717) is 0 Å². The lowest BCUT2D eigenvalue weighted by Gasteiger charge is -2.11. The number of hydrogen-bond donors (Lipinski definition) is 2. The Balaban J connectivity index is 3.02. The highest BCUT2D eigenvalue weighted by Gasteiger charge is 2.21. The van der Waals surface area contributed by atoms with Crippen molar-refractivity contribution in [2.75, 3.05) is 13.7 Å². The highest BCUT2D eigenvalue weighted by atomic mass is 32.2. The highest BCUT2D eigenvalue weighted by Crippen LogP contribution is 2.28. The second-order valence-corrected chi connectivity index (χ2v) is 5.86. The lowest BCUT2D eigenvalue weighted by molar-refractivity contribution is -0.385. The summed E-state index contributed by atoms with van der Waals surface area (Å²) in [5, 5.41) is 19.7. The van der Waals surface area contributed by atoms with Crippen molar-refractivity contribution >= 4 is 15.7 Å². The molecule has 0 heterocycles. The predicted molar refractivity (Wildman–Crippen MR) is 71.1 cm³/mol.